The van der Waals surface area contributed by atoms with Gasteiger partial charge in [-0.15, -0.1) is 0 Å². The van der Waals surface area contributed by atoms with Crippen LogP contribution in [-0.2, 0) is 20.9 Å². The second kappa shape index (κ2) is 7.44. The van der Waals surface area contributed by atoms with Crippen LogP contribution in [0.4, 0.5) is 0 Å². The molecule has 0 aliphatic carbocycles. The summed E-state index contributed by atoms with van der Waals surface area (Å²) in [5.74, 6) is 1.06. The molecule has 2 saturated heterocycles. The fraction of sp³-hybridized carbons (Fsp3) is 0.579. The third-order valence-electron chi connectivity index (χ3n) is 5.49. The van der Waals surface area contributed by atoms with Crippen molar-refractivity contribution in [3.05, 3.63) is 29.8 Å². The van der Waals surface area contributed by atoms with Gasteiger partial charge in [0, 0.05) is 38.7 Å². The first kappa shape index (κ1) is 17.7. The normalized spacial score (nSPS) is 19.5. The highest BCUT2D eigenvalue weighted by atomic mass is 16.5. The van der Waals surface area contributed by atoms with E-state index in [4.69, 9.17) is 9.47 Å². The number of ether oxygens (including phenoxy) is 2. The van der Waals surface area contributed by atoms with E-state index in [1.807, 2.05) is 34.1 Å². The number of amides is 2. The number of nitrogens with zero attached hydrogens (tertiary/aromatic N) is 2. The molecule has 0 atom stereocenters. The molecule has 3 rings (SSSR count). The average Bonchev–Trinajstić information content (AvgIpc) is 2.93. The van der Waals surface area contributed by atoms with Crippen molar-refractivity contribution in [1.82, 2.24) is 9.80 Å². The lowest BCUT2D eigenvalue weighted by molar-refractivity contribution is -0.139. The molecule has 2 amide bonds. The molecule has 0 bridgehead atoms. The van der Waals surface area contributed by atoms with Crippen molar-refractivity contribution in [2.24, 2.45) is 0 Å². The predicted molar refractivity (Wildman–Crippen MR) is 93.2 cm³/mol. The van der Waals surface area contributed by atoms with Crippen molar-refractivity contribution >= 4 is 11.8 Å². The maximum Gasteiger partial charge on any atom is 0.248 e. The Kier molecular flexibility index (Phi) is 5.27. The lowest BCUT2D eigenvalue weighted by Gasteiger charge is -2.45. The lowest BCUT2D eigenvalue weighted by atomic mass is 9.84. The van der Waals surface area contributed by atoms with Crippen molar-refractivity contribution in [1.29, 1.82) is 0 Å². The molecule has 25 heavy (non-hydrogen) atoms. The molecule has 2 aliphatic rings. The zero-order valence-corrected chi connectivity index (χ0v) is 15.0. The number of hydrogen-bond acceptors (Lipinski definition) is 4. The molecule has 2 aliphatic heterocycles. The van der Waals surface area contributed by atoms with Crippen molar-refractivity contribution in [2.75, 3.05) is 33.9 Å². The summed E-state index contributed by atoms with van der Waals surface area (Å²) in [5.41, 5.74) is 0.995. The van der Waals surface area contributed by atoms with Gasteiger partial charge < -0.3 is 19.3 Å². The van der Waals surface area contributed by atoms with E-state index in [1.54, 1.807) is 7.11 Å². The van der Waals surface area contributed by atoms with Gasteiger partial charge in [0.25, 0.3) is 0 Å². The van der Waals surface area contributed by atoms with Crippen LogP contribution in [0.5, 0.6) is 5.75 Å². The Morgan fingerprint density at radius 2 is 1.80 bits per heavy atom. The highest BCUT2D eigenvalue weighted by Crippen LogP contribution is 2.40. The van der Waals surface area contributed by atoms with E-state index >= 15 is 0 Å². The molecule has 1 aromatic rings. The summed E-state index contributed by atoms with van der Waals surface area (Å²) in [6.45, 7) is 2.12. The van der Waals surface area contributed by atoms with Crippen molar-refractivity contribution in [2.45, 2.75) is 37.8 Å². The Morgan fingerprint density at radius 1 is 1.12 bits per heavy atom. The van der Waals surface area contributed by atoms with Gasteiger partial charge in [-0.25, -0.2) is 0 Å². The van der Waals surface area contributed by atoms with Crippen LogP contribution >= 0.6 is 0 Å². The molecule has 136 valence electrons. The van der Waals surface area contributed by atoms with E-state index in [0.717, 1.165) is 30.6 Å². The summed E-state index contributed by atoms with van der Waals surface area (Å²) >= 11 is 0. The Morgan fingerprint density at radius 3 is 2.40 bits per heavy atom. The van der Waals surface area contributed by atoms with Crippen LogP contribution in [-0.4, -0.2) is 61.1 Å². The number of rotatable bonds is 5. The summed E-state index contributed by atoms with van der Waals surface area (Å²) in [4.78, 5) is 28.4. The minimum Gasteiger partial charge on any atom is -0.497 e. The Balaban J connectivity index is 1.68. The Bertz CT molecular complexity index is 621. The lowest BCUT2D eigenvalue weighted by Crippen LogP contribution is -2.54. The summed E-state index contributed by atoms with van der Waals surface area (Å²) < 4.78 is 10.1. The van der Waals surface area contributed by atoms with Gasteiger partial charge in [0.05, 0.1) is 7.11 Å². The van der Waals surface area contributed by atoms with Gasteiger partial charge in [0.2, 0.25) is 11.8 Å². The van der Waals surface area contributed by atoms with Gasteiger partial charge >= 0.3 is 0 Å². The molecule has 0 radical (unpaired) electrons. The van der Waals surface area contributed by atoms with Gasteiger partial charge in [-0.05, 0) is 37.0 Å². The Labute approximate surface area is 148 Å². The van der Waals surface area contributed by atoms with Crippen molar-refractivity contribution in [3.8, 4) is 5.75 Å². The monoisotopic (exact) mass is 346 g/mol. The molecule has 2 heterocycles. The highest BCUT2D eigenvalue weighted by Gasteiger charge is 2.47. The van der Waals surface area contributed by atoms with Crippen LogP contribution in [0.2, 0.25) is 0 Å². The number of carbonyl (C=O) groups is 2. The summed E-state index contributed by atoms with van der Waals surface area (Å²) in [5, 5.41) is 0. The van der Waals surface area contributed by atoms with Crippen molar-refractivity contribution in [3.63, 3.8) is 0 Å². The van der Waals surface area contributed by atoms with Crippen LogP contribution < -0.4 is 4.74 Å². The molecule has 0 N–H and O–H groups in total. The van der Waals surface area contributed by atoms with Gasteiger partial charge in [0.1, 0.15) is 12.4 Å². The highest BCUT2D eigenvalue weighted by molar-refractivity contribution is 5.80. The first-order chi connectivity index (χ1) is 12.1. The molecule has 6 heteroatoms. The molecular formula is C19H26N2O4. The SMILES string of the molecule is COCC(=O)N1CCC2(CCC(=O)N2Cc2ccc(OC)cc2)CC1. The maximum absolute atomic E-state index is 12.5. The van der Waals surface area contributed by atoms with E-state index in [1.165, 1.54) is 7.11 Å². The van der Waals surface area contributed by atoms with E-state index in [-0.39, 0.29) is 24.0 Å². The second-order valence-corrected chi connectivity index (χ2v) is 6.87. The van der Waals surface area contributed by atoms with E-state index in [9.17, 15) is 9.59 Å². The zero-order valence-electron chi connectivity index (χ0n) is 15.0. The molecule has 0 unspecified atom stereocenters. The van der Waals surface area contributed by atoms with Crippen LogP contribution in [0.15, 0.2) is 24.3 Å². The van der Waals surface area contributed by atoms with E-state index in [2.05, 4.69) is 0 Å². The number of piperidine rings is 1. The topological polar surface area (TPSA) is 59.1 Å². The molecule has 0 aromatic heterocycles. The zero-order chi connectivity index (χ0) is 17.9. The molecule has 2 fully saturated rings. The maximum atomic E-state index is 12.5. The van der Waals surface area contributed by atoms with E-state index in [0.29, 0.717) is 26.1 Å². The van der Waals surface area contributed by atoms with E-state index < -0.39 is 0 Å². The third kappa shape index (κ3) is 3.63. The van der Waals surface area contributed by atoms with Crippen molar-refractivity contribution < 1.29 is 19.1 Å². The number of benzene rings is 1. The quantitative estimate of drug-likeness (QED) is 0.816. The summed E-state index contributed by atoms with van der Waals surface area (Å²) in [7, 11) is 3.18. The van der Waals surface area contributed by atoms with Gasteiger partial charge in [0.15, 0.2) is 0 Å². The summed E-state index contributed by atoms with van der Waals surface area (Å²) in [6.07, 6.45) is 3.16. The molecule has 6 nitrogen and oxygen atoms in total. The Hall–Kier alpha value is -2.08. The minimum absolute atomic E-state index is 0.0309. The molecule has 0 saturated carbocycles. The number of likely N-dealkylation sites (tertiary alicyclic amines) is 2. The van der Waals surface area contributed by atoms with Crippen LogP contribution in [0, 0.1) is 0 Å². The average molecular weight is 346 g/mol. The van der Waals surface area contributed by atoms with Crippen LogP contribution in [0.1, 0.15) is 31.2 Å². The van der Waals surface area contributed by atoms with Gasteiger partial charge in [-0.3, -0.25) is 9.59 Å². The molecule has 1 spiro atoms. The first-order valence-corrected chi connectivity index (χ1v) is 8.78. The first-order valence-electron chi connectivity index (χ1n) is 8.78. The second-order valence-electron chi connectivity index (χ2n) is 6.87. The van der Waals surface area contributed by atoms with Crippen LogP contribution in [0.3, 0.4) is 0 Å². The fourth-order valence-corrected chi connectivity index (χ4v) is 3.95. The molecule has 1 aromatic carbocycles. The van der Waals surface area contributed by atoms with Crippen LogP contribution in [0.25, 0.3) is 0 Å². The number of carbonyl (C=O) groups excluding carboxylic acids is 2. The van der Waals surface area contributed by atoms with Gasteiger partial charge in [-0.1, -0.05) is 12.1 Å². The number of hydrogen-bond donors (Lipinski definition) is 0. The van der Waals surface area contributed by atoms with Gasteiger partial charge in [-0.2, -0.15) is 0 Å². The fourth-order valence-electron chi connectivity index (χ4n) is 3.95. The minimum atomic E-state index is -0.110. The third-order valence-corrected chi connectivity index (χ3v) is 5.49. The predicted octanol–water partition coefficient (Wildman–Crippen LogP) is 1.83. The number of methoxy groups -OCH3 is 2. The smallest absolute Gasteiger partial charge is 0.248 e. The molecular weight excluding hydrogens is 320 g/mol. The summed E-state index contributed by atoms with van der Waals surface area (Å²) in [6, 6.07) is 7.87. The largest absolute Gasteiger partial charge is 0.497 e. The standard InChI is InChI=1S/C19H26N2O4/c1-24-14-18(23)20-11-9-19(10-12-20)8-7-17(22)21(19)13-15-3-5-16(25-2)6-4-15/h3-6H,7-14H2,1-2H3.